The molecule has 7 heteroatoms. The number of likely N-dealkylation sites (tertiary alicyclic amines) is 1. The Hall–Kier alpha value is -1.34. The van der Waals surface area contributed by atoms with Crippen molar-refractivity contribution in [2.24, 2.45) is 5.73 Å². The maximum atomic E-state index is 11.8. The van der Waals surface area contributed by atoms with Crippen LogP contribution in [0.3, 0.4) is 0 Å². The quantitative estimate of drug-likeness (QED) is 0.657. The smallest absolute Gasteiger partial charge is 0.407 e. The molecule has 3 N–H and O–H groups in total. The maximum absolute atomic E-state index is 11.8. The number of hydrogen-bond acceptors (Lipinski definition) is 5. The van der Waals surface area contributed by atoms with E-state index in [2.05, 4.69) is 10.1 Å². The van der Waals surface area contributed by atoms with Gasteiger partial charge in [-0.1, -0.05) is 0 Å². The standard InChI is InChI=1S/C10H19N3O4/c1-16-6-8(11)9(14)13-4-3-7(5-13)12-10(15)17-2/h7-8H,3-6,11H2,1-2H3,(H,12,15). The van der Waals surface area contributed by atoms with Crippen molar-refractivity contribution in [3.05, 3.63) is 0 Å². The number of nitrogens with zero attached hydrogens (tertiary/aromatic N) is 1. The van der Waals surface area contributed by atoms with Crippen molar-refractivity contribution in [2.75, 3.05) is 33.9 Å². The van der Waals surface area contributed by atoms with Gasteiger partial charge in [0.1, 0.15) is 6.04 Å². The molecule has 0 radical (unpaired) electrons. The lowest BCUT2D eigenvalue weighted by Gasteiger charge is -2.20. The number of alkyl carbamates (subject to hydrolysis) is 1. The molecule has 2 amide bonds. The van der Waals surface area contributed by atoms with Gasteiger partial charge in [0, 0.05) is 20.2 Å². The number of amides is 2. The van der Waals surface area contributed by atoms with Gasteiger partial charge >= 0.3 is 6.09 Å². The maximum Gasteiger partial charge on any atom is 0.407 e. The van der Waals surface area contributed by atoms with Gasteiger partial charge in [0.25, 0.3) is 0 Å². The Morgan fingerprint density at radius 2 is 2.24 bits per heavy atom. The van der Waals surface area contributed by atoms with Gasteiger partial charge in [-0.05, 0) is 6.42 Å². The minimum atomic E-state index is -0.642. The lowest BCUT2D eigenvalue weighted by molar-refractivity contribution is -0.132. The van der Waals surface area contributed by atoms with Crippen molar-refractivity contribution in [3.63, 3.8) is 0 Å². The van der Waals surface area contributed by atoms with Gasteiger partial charge < -0.3 is 25.4 Å². The van der Waals surface area contributed by atoms with Crippen LogP contribution in [0.4, 0.5) is 4.79 Å². The van der Waals surface area contributed by atoms with E-state index in [1.165, 1.54) is 14.2 Å². The zero-order valence-corrected chi connectivity index (χ0v) is 10.1. The molecule has 1 rings (SSSR count). The van der Waals surface area contributed by atoms with Crippen molar-refractivity contribution < 1.29 is 19.1 Å². The summed E-state index contributed by atoms with van der Waals surface area (Å²) in [5.41, 5.74) is 5.65. The predicted molar refractivity (Wildman–Crippen MR) is 60.4 cm³/mol. The Labute approximate surface area is 100 Å². The zero-order valence-electron chi connectivity index (χ0n) is 10.1. The summed E-state index contributed by atoms with van der Waals surface area (Å²) in [7, 11) is 2.81. The molecule has 2 unspecified atom stereocenters. The minimum absolute atomic E-state index is 0.0684. The van der Waals surface area contributed by atoms with Gasteiger partial charge in [-0.25, -0.2) is 4.79 Å². The average Bonchev–Trinajstić information content (AvgIpc) is 2.76. The van der Waals surface area contributed by atoms with Crippen molar-refractivity contribution in [1.82, 2.24) is 10.2 Å². The molecule has 1 saturated heterocycles. The van der Waals surface area contributed by atoms with E-state index in [-0.39, 0.29) is 18.6 Å². The van der Waals surface area contributed by atoms with Crippen LogP contribution in [0.1, 0.15) is 6.42 Å². The number of rotatable bonds is 4. The molecule has 2 atom stereocenters. The molecule has 0 aromatic heterocycles. The first-order chi connectivity index (χ1) is 8.08. The molecule has 17 heavy (non-hydrogen) atoms. The fraction of sp³-hybridized carbons (Fsp3) is 0.800. The Balaban J connectivity index is 2.39. The summed E-state index contributed by atoms with van der Waals surface area (Å²) in [4.78, 5) is 24.4. The number of ether oxygens (including phenoxy) is 2. The van der Waals surface area contributed by atoms with Gasteiger partial charge in [0.2, 0.25) is 5.91 Å². The normalized spacial score (nSPS) is 21.1. The summed E-state index contributed by atoms with van der Waals surface area (Å²) >= 11 is 0. The largest absolute Gasteiger partial charge is 0.453 e. The number of methoxy groups -OCH3 is 2. The predicted octanol–water partition coefficient (Wildman–Crippen LogP) is -1.08. The monoisotopic (exact) mass is 245 g/mol. The highest BCUT2D eigenvalue weighted by Gasteiger charge is 2.30. The highest BCUT2D eigenvalue weighted by molar-refractivity contribution is 5.82. The van der Waals surface area contributed by atoms with Gasteiger partial charge in [0.15, 0.2) is 0 Å². The molecule has 0 bridgehead atoms. The molecular weight excluding hydrogens is 226 g/mol. The van der Waals surface area contributed by atoms with E-state index in [0.29, 0.717) is 19.5 Å². The summed E-state index contributed by atoms with van der Waals surface area (Å²) in [6, 6.07) is -0.710. The molecular formula is C10H19N3O4. The molecule has 1 aliphatic rings. The third-order valence-corrected chi connectivity index (χ3v) is 2.67. The SMILES string of the molecule is COCC(N)C(=O)N1CCC(NC(=O)OC)C1. The highest BCUT2D eigenvalue weighted by atomic mass is 16.5. The van der Waals surface area contributed by atoms with Gasteiger partial charge in [0.05, 0.1) is 19.8 Å². The molecule has 98 valence electrons. The second kappa shape index (κ2) is 6.41. The summed E-state index contributed by atoms with van der Waals surface area (Å²) < 4.78 is 9.33. The van der Waals surface area contributed by atoms with Crippen LogP contribution in [-0.4, -0.2) is 62.9 Å². The average molecular weight is 245 g/mol. The van der Waals surface area contributed by atoms with Crippen LogP contribution in [-0.2, 0) is 14.3 Å². The summed E-state index contributed by atoms with van der Waals surface area (Å²) in [5.74, 6) is -0.152. The molecule has 7 nitrogen and oxygen atoms in total. The highest BCUT2D eigenvalue weighted by Crippen LogP contribution is 2.10. The van der Waals surface area contributed by atoms with E-state index >= 15 is 0 Å². The number of nitrogens with one attached hydrogen (secondary N) is 1. The Morgan fingerprint density at radius 3 is 2.82 bits per heavy atom. The van der Waals surface area contributed by atoms with E-state index in [1.807, 2.05) is 0 Å². The minimum Gasteiger partial charge on any atom is -0.453 e. The third-order valence-electron chi connectivity index (χ3n) is 2.67. The number of carbonyl (C=O) groups is 2. The first-order valence-corrected chi connectivity index (χ1v) is 5.46. The lowest BCUT2D eigenvalue weighted by Crippen LogP contribution is -2.46. The Kier molecular flexibility index (Phi) is 5.17. The van der Waals surface area contributed by atoms with Crippen LogP contribution in [0.5, 0.6) is 0 Å². The van der Waals surface area contributed by atoms with Gasteiger partial charge in [-0.15, -0.1) is 0 Å². The second-order valence-electron chi connectivity index (χ2n) is 3.97. The lowest BCUT2D eigenvalue weighted by atomic mass is 10.3. The first-order valence-electron chi connectivity index (χ1n) is 5.46. The van der Waals surface area contributed by atoms with E-state index in [4.69, 9.17) is 10.5 Å². The van der Waals surface area contributed by atoms with Crippen molar-refractivity contribution in [3.8, 4) is 0 Å². The van der Waals surface area contributed by atoms with Crippen LogP contribution in [0.15, 0.2) is 0 Å². The van der Waals surface area contributed by atoms with E-state index in [0.717, 1.165) is 0 Å². The molecule has 1 aliphatic heterocycles. The van der Waals surface area contributed by atoms with Crippen LogP contribution in [0.25, 0.3) is 0 Å². The molecule has 0 aliphatic carbocycles. The topological polar surface area (TPSA) is 93.9 Å². The molecule has 0 spiro atoms. The number of carbonyl (C=O) groups excluding carboxylic acids is 2. The molecule has 0 aromatic carbocycles. The zero-order chi connectivity index (χ0) is 12.8. The third kappa shape index (κ3) is 3.86. The van der Waals surface area contributed by atoms with Crippen molar-refractivity contribution >= 4 is 12.0 Å². The fourth-order valence-corrected chi connectivity index (χ4v) is 1.79. The Morgan fingerprint density at radius 1 is 1.53 bits per heavy atom. The molecule has 1 heterocycles. The van der Waals surface area contributed by atoms with Crippen molar-refractivity contribution in [2.45, 2.75) is 18.5 Å². The summed E-state index contributed by atoms with van der Waals surface area (Å²) in [6.07, 6.45) is 0.228. The van der Waals surface area contributed by atoms with E-state index < -0.39 is 12.1 Å². The molecule has 1 fully saturated rings. The van der Waals surface area contributed by atoms with Crippen LogP contribution < -0.4 is 11.1 Å². The summed E-state index contributed by atoms with van der Waals surface area (Å²) in [6.45, 7) is 1.25. The Bertz CT molecular complexity index is 285. The van der Waals surface area contributed by atoms with Crippen LogP contribution in [0, 0.1) is 0 Å². The van der Waals surface area contributed by atoms with Gasteiger partial charge in [-0.3, -0.25) is 4.79 Å². The van der Waals surface area contributed by atoms with Crippen LogP contribution in [0.2, 0.25) is 0 Å². The second-order valence-corrected chi connectivity index (χ2v) is 3.97. The van der Waals surface area contributed by atoms with E-state index in [1.54, 1.807) is 4.90 Å². The fourth-order valence-electron chi connectivity index (χ4n) is 1.79. The van der Waals surface area contributed by atoms with Crippen LogP contribution >= 0.6 is 0 Å². The number of hydrogen-bond donors (Lipinski definition) is 2. The van der Waals surface area contributed by atoms with Crippen molar-refractivity contribution in [1.29, 1.82) is 0 Å². The van der Waals surface area contributed by atoms with E-state index in [9.17, 15) is 9.59 Å². The van der Waals surface area contributed by atoms with Gasteiger partial charge in [-0.2, -0.15) is 0 Å². The summed E-state index contributed by atoms with van der Waals surface area (Å²) in [5, 5.41) is 2.66. The number of nitrogens with two attached hydrogens (primary N) is 1. The molecule has 0 saturated carbocycles. The molecule has 0 aromatic rings. The first kappa shape index (κ1) is 13.7.